The second-order valence-electron chi connectivity index (χ2n) is 6.78. The predicted molar refractivity (Wildman–Crippen MR) is 78.1 cm³/mol. The van der Waals surface area contributed by atoms with Gasteiger partial charge in [-0.3, -0.25) is 4.79 Å². The van der Waals surface area contributed by atoms with Crippen LogP contribution in [0.1, 0.15) is 45.2 Å². The number of aliphatic hydroxyl groups is 1. The van der Waals surface area contributed by atoms with Gasteiger partial charge in [-0.1, -0.05) is 19.1 Å². The largest absolute Gasteiger partial charge is 0.388 e. The van der Waals surface area contributed by atoms with Crippen molar-refractivity contribution in [2.45, 2.75) is 58.2 Å². The quantitative estimate of drug-likeness (QED) is 0.718. The number of nitrogens with one attached hydrogen (secondary N) is 1. The zero-order valence-corrected chi connectivity index (χ0v) is 12.8. The molecule has 2 rings (SSSR count). The first-order valence-corrected chi connectivity index (χ1v) is 7.40. The molecule has 1 aliphatic rings. The number of nitrogens with zero attached hydrogens (tertiary/aromatic N) is 3. The average molecular weight is 295 g/mol. The summed E-state index contributed by atoms with van der Waals surface area (Å²) >= 11 is 0. The van der Waals surface area contributed by atoms with Crippen LogP contribution in [0.15, 0.2) is 6.20 Å². The van der Waals surface area contributed by atoms with Crippen LogP contribution in [0, 0.1) is 5.41 Å². The van der Waals surface area contributed by atoms with Crippen LogP contribution in [0.4, 0.5) is 0 Å². The number of carbonyl (C=O) groups excluding carboxylic acids is 1. The molecule has 7 nitrogen and oxygen atoms in total. The van der Waals surface area contributed by atoms with Crippen LogP contribution in [-0.2, 0) is 17.9 Å². The van der Waals surface area contributed by atoms with Gasteiger partial charge in [0.15, 0.2) is 0 Å². The molecule has 0 atom stereocenters. The predicted octanol–water partition coefficient (Wildman–Crippen LogP) is 0.184. The fourth-order valence-corrected chi connectivity index (χ4v) is 2.54. The molecule has 0 aromatic carbocycles. The Morgan fingerprint density at radius 1 is 1.43 bits per heavy atom. The van der Waals surface area contributed by atoms with Gasteiger partial charge in [0.1, 0.15) is 6.54 Å². The zero-order chi connectivity index (χ0) is 15.5. The van der Waals surface area contributed by atoms with E-state index in [2.05, 4.69) is 29.5 Å². The molecule has 118 valence electrons. The highest BCUT2D eigenvalue weighted by Crippen LogP contribution is 2.39. The van der Waals surface area contributed by atoms with E-state index in [0.717, 1.165) is 25.7 Å². The molecular formula is C14H25N5O2. The van der Waals surface area contributed by atoms with Crippen molar-refractivity contribution in [3.05, 3.63) is 11.9 Å². The lowest BCUT2D eigenvalue weighted by Crippen LogP contribution is -2.47. The minimum absolute atomic E-state index is 0.0918. The molecule has 0 saturated heterocycles. The number of hydrogen-bond donors (Lipinski definition) is 3. The van der Waals surface area contributed by atoms with E-state index in [1.54, 1.807) is 6.20 Å². The van der Waals surface area contributed by atoms with Gasteiger partial charge in [0.05, 0.1) is 17.5 Å². The molecule has 0 aliphatic heterocycles. The molecule has 1 aliphatic carbocycles. The third-order valence-corrected chi connectivity index (χ3v) is 4.25. The Bertz CT molecular complexity index is 487. The summed E-state index contributed by atoms with van der Waals surface area (Å²) in [5.41, 5.74) is 5.59. The molecular weight excluding hydrogens is 270 g/mol. The maximum atomic E-state index is 11.9. The van der Waals surface area contributed by atoms with E-state index in [9.17, 15) is 9.90 Å². The number of carbonyl (C=O) groups is 1. The molecule has 21 heavy (non-hydrogen) atoms. The molecule has 0 spiro atoms. The molecule has 1 amide bonds. The first-order valence-electron chi connectivity index (χ1n) is 7.40. The van der Waals surface area contributed by atoms with Gasteiger partial charge in [-0.25, -0.2) is 4.68 Å². The highest BCUT2D eigenvalue weighted by Gasteiger charge is 2.36. The molecule has 1 fully saturated rings. The molecule has 1 aromatic heterocycles. The van der Waals surface area contributed by atoms with Crippen molar-refractivity contribution in [2.24, 2.45) is 11.1 Å². The highest BCUT2D eigenvalue weighted by atomic mass is 16.3. The standard InChI is InChI=1S/C14H25N5O2/c1-13(2)3-5-14(21,6-4-13)10-16-12(20)9-19-8-11(7-15)17-18-19/h8,21H,3-7,9-10,15H2,1-2H3,(H,16,20). The minimum Gasteiger partial charge on any atom is -0.388 e. The van der Waals surface area contributed by atoms with Crippen LogP contribution in [0.2, 0.25) is 0 Å². The summed E-state index contributed by atoms with van der Waals surface area (Å²) < 4.78 is 1.45. The topological polar surface area (TPSA) is 106 Å². The Labute approximate surface area is 124 Å². The maximum absolute atomic E-state index is 11.9. The molecule has 1 aromatic rings. The Morgan fingerprint density at radius 3 is 2.67 bits per heavy atom. The van der Waals surface area contributed by atoms with Crippen LogP contribution >= 0.6 is 0 Å². The third-order valence-electron chi connectivity index (χ3n) is 4.25. The molecule has 1 heterocycles. The van der Waals surface area contributed by atoms with E-state index in [1.807, 2.05) is 0 Å². The third kappa shape index (κ3) is 4.50. The smallest absolute Gasteiger partial charge is 0.241 e. The van der Waals surface area contributed by atoms with Gasteiger partial charge >= 0.3 is 0 Å². The van der Waals surface area contributed by atoms with E-state index in [-0.39, 0.29) is 17.9 Å². The van der Waals surface area contributed by atoms with E-state index in [4.69, 9.17) is 5.73 Å². The number of hydrogen-bond acceptors (Lipinski definition) is 5. The molecule has 1 saturated carbocycles. The van der Waals surface area contributed by atoms with Crippen LogP contribution < -0.4 is 11.1 Å². The summed E-state index contributed by atoms with van der Waals surface area (Å²) in [6.07, 6.45) is 5.05. The number of nitrogens with two attached hydrogens (primary N) is 1. The Morgan fingerprint density at radius 2 is 2.10 bits per heavy atom. The van der Waals surface area contributed by atoms with Crippen molar-refractivity contribution >= 4 is 5.91 Å². The van der Waals surface area contributed by atoms with Gasteiger partial charge in [0.2, 0.25) is 5.91 Å². The summed E-state index contributed by atoms with van der Waals surface area (Å²) in [4.78, 5) is 11.9. The van der Waals surface area contributed by atoms with E-state index in [0.29, 0.717) is 18.8 Å². The zero-order valence-electron chi connectivity index (χ0n) is 12.8. The highest BCUT2D eigenvalue weighted by molar-refractivity contribution is 5.75. The monoisotopic (exact) mass is 295 g/mol. The van der Waals surface area contributed by atoms with E-state index in [1.165, 1.54) is 4.68 Å². The Kier molecular flexibility index (Phi) is 4.63. The minimum atomic E-state index is -0.782. The van der Waals surface area contributed by atoms with E-state index < -0.39 is 5.60 Å². The second kappa shape index (κ2) is 6.11. The average Bonchev–Trinajstić information content (AvgIpc) is 2.88. The van der Waals surface area contributed by atoms with Gasteiger partial charge in [-0.15, -0.1) is 5.10 Å². The second-order valence-corrected chi connectivity index (χ2v) is 6.78. The van der Waals surface area contributed by atoms with E-state index >= 15 is 0 Å². The van der Waals surface area contributed by atoms with Crippen LogP contribution in [0.3, 0.4) is 0 Å². The van der Waals surface area contributed by atoms with Crippen LogP contribution in [0.25, 0.3) is 0 Å². The molecule has 0 bridgehead atoms. The summed E-state index contributed by atoms with van der Waals surface area (Å²) in [6.45, 7) is 5.11. The van der Waals surface area contributed by atoms with Crippen molar-refractivity contribution in [3.8, 4) is 0 Å². The van der Waals surface area contributed by atoms with Crippen molar-refractivity contribution < 1.29 is 9.90 Å². The first kappa shape index (κ1) is 15.9. The number of aromatic nitrogens is 3. The van der Waals surface area contributed by atoms with Gasteiger partial charge < -0.3 is 16.2 Å². The molecule has 0 radical (unpaired) electrons. The number of amides is 1. The summed E-state index contributed by atoms with van der Waals surface area (Å²) in [5.74, 6) is -0.179. The fraction of sp³-hybridized carbons (Fsp3) is 0.786. The van der Waals surface area contributed by atoms with Gasteiger partial charge in [0, 0.05) is 13.1 Å². The molecule has 4 N–H and O–H groups in total. The molecule has 7 heteroatoms. The first-order chi connectivity index (χ1) is 9.82. The summed E-state index contributed by atoms with van der Waals surface area (Å²) in [6, 6.07) is 0. The van der Waals surface area contributed by atoms with Gasteiger partial charge in [-0.2, -0.15) is 0 Å². The van der Waals surface area contributed by atoms with Gasteiger partial charge in [-0.05, 0) is 31.1 Å². The van der Waals surface area contributed by atoms with Crippen molar-refractivity contribution in [3.63, 3.8) is 0 Å². The van der Waals surface area contributed by atoms with Gasteiger partial charge in [0.25, 0.3) is 0 Å². The fourth-order valence-electron chi connectivity index (χ4n) is 2.54. The van der Waals surface area contributed by atoms with Crippen molar-refractivity contribution in [1.82, 2.24) is 20.3 Å². The van der Waals surface area contributed by atoms with Crippen LogP contribution in [0.5, 0.6) is 0 Å². The van der Waals surface area contributed by atoms with Crippen LogP contribution in [-0.4, -0.2) is 38.2 Å². The lowest BCUT2D eigenvalue weighted by molar-refractivity contribution is -0.123. The summed E-state index contributed by atoms with van der Waals surface area (Å²) in [7, 11) is 0. The SMILES string of the molecule is CC1(C)CCC(O)(CNC(=O)Cn2cc(CN)nn2)CC1. The lowest BCUT2D eigenvalue weighted by atomic mass is 9.71. The van der Waals surface area contributed by atoms with Crippen molar-refractivity contribution in [1.29, 1.82) is 0 Å². The number of rotatable bonds is 5. The normalized spacial score (nSPS) is 20.2. The van der Waals surface area contributed by atoms with Crippen molar-refractivity contribution in [2.75, 3.05) is 6.54 Å². The lowest BCUT2D eigenvalue weighted by Gasteiger charge is -2.40. The Balaban J connectivity index is 1.78. The Hall–Kier alpha value is -1.47. The maximum Gasteiger partial charge on any atom is 0.241 e. The molecule has 0 unspecified atom stereocenters. The summed E-state index contributed by atoms with van der Waals surface area (Å²) in [5, 5.41) is 20.9.